The SMILES string of the molecule is O=C(CCc1ccc(-c2cnc3nc2NCCCNS(=O)(=O)c2cccc(c2)N3)cc1)c1ccc(Cl)cc1. The van der Waals surface area contributed by atoms with E-state index in [1.165, 1.54) is 0 Å². The van der Waals surface area contributed by atoms with E-state index in [1.807, 2.05) is 24.3 Å². The number of anilines is 3. The molecule has 4 aromatic rings. The van der Waals surface area contributed by atoms with Crippen molar-refractivity contribution in [1.29, 1.82) is 0 Å². The average molecular weight is 548 g/mol. The number of carbonyl (C=O) groups excluding carboxylic acids is 1. The summed E-state index contributed by atoms with van der Waals surface area (Å²) in [5.74, 6) is 1.08. The van der Waals surface area contributed by atoms with Crippen molar-refractivity contribution in [2.75, 3.05) is 23.7 Å². The number of hydrogen-bond donors (Lipinski definition) is 3. The smallest absolute Gasteiger partial charge is 0.240 e. The molecule has 5 rings (SSSR count). The van der Waals surface area contributed by atoms with E-state index in [2.05, 4.69) is 25.3 Å². The Morgan fingerprint density at radius 1 is 0.974 bits per heavy atom. The first-order chi connectivity index (χ1) is 18.4. The predicted molar refractivity (Wildman–Crippen MR) is 150 cm³/mol. The summed E-state index contributed by atoms with van der Waals surface area (Å²) >= 11 is 5.91. The lowest BCUT2D eigenvalue weighted by atomic mass is 10.0. The molecule has 1 aliphatic heterocycles. The minimum Gasteiger partial charge on any atom is -0.369 e. The van der Waals surface area contributed by atoms with Crippen LogP contribution in [-0.4, -0.2) is 37.3 Å². The highest BCUT2D eigenvalue weighted by molar-refractivity contribution is 7.89. The van der Waals surface area contributed by atoms with Crippen LogP contribution in [0.25, 0.3) is 11.1 Å². The van der Waals surface area contributed by atoms with Crippen molar-refractivity contribution in [2.45, 2.75) is 24.2 Å². The van der Waals surface area contributed by atoms with Crippen molar-refractivity contribution >= 4 is 44.9 Å². The Balaban J connectivity index is 1.33. The van der Waals surface area contributed by atoms with Crippen LogP contribution in [0.3, 0.4) is 0 Å². The molecule has 0 aliphatic carbocycles. The summed E-state index contributed by atoms with van der Waals surface area (Å²) in [6.07, 6.45) is 3.35. The van der Waals surface area contributed by atoms with Crippen molar-refractivity contribution in [1.82, 2.24) is 14.7 Å². The number of aryl methyl sites for hydroxylation is 1. The number of aromatic nitrogens is 2. The first-order valence-electron chi connectivity index (χ1n) is 12.2. The number of carbonyl (C=O) groups is 1. The summed E-state index contributed by atoms with van der Waals surface area (Å²) < 4.78 is 27.8. The number of halogens is 1. The lowest BCUT2D eigenvalue weighted by molar-refractivity contribution is 0.0983. The van der Waals surface area contributed by atoms with Crippen molar-refractivity contribution in [2.24, 2.45) is 0 Å². The first-order valence-corrected chi connectivity index (χ1v) is 14.1. The first kappa shape index (κ1) is 25.8. The Labute approximate surface area is 226 Å². The minimum absolute atomic E-state index is 0.0745. The molecule has 38 heavy (non-hydrogen) atoms. The Morgan fingerprint density at radius 3 is 2.55 bits per heavy atom. The number of nitrogens with one attached hydrogen (secondary N) is 3. The Hall–Kier alpha value is -3.79. The number of sulfonamides is 1. The van der Waals surface area contributed by atoms with Crippen LogP contribution in [-0.2, 0) is 16.4 Å². The number of ketones is 1. The zero-order chi connectivity index (χ0) is 26.5. The van der Waals surface area contributed by atoms with Gasteiger partial charge in [-0.25, -0.2) is 18.1 Å². The molecule has 8 nitrogen and oxygen atoms in total. The van der Waals surface area contributed by atoms with Gasteiger partial charge in [0, 0.05) is 47.5 Å². The maximum absolute atomic E-state index is 12.6. The molecule has 1 aliphatic rings. The molecule has 0 saturated carbocycles. The lowest BCUT2D eigenvalue weighted by Crippen LogP contribution is -2.26. The number of nitrogens with zero attached hydrogens (tertiary/aromatic N) is 2. The second-order valence-corrected chi connectivity index (χ2v) is 11.1. The van der Waals surface area contributed by atoms with Crippen LogP contribution >= 0.6 is 11.6 Å². The monoisotopic (exact) mass is 547 g/mol. The van der Waals surface area contributed by atoms with Gasteiger partial charge in [-0.2, -0.15) is 4.98 Å². The summed E-state index contributed by atoms with van der Waals surface area (Å²) in [7, 11) is -3.60. The Bertz CT molecular complexity index is 1560. The largest absolute Gasteiger partial charge is 0.369 e. The van der Waals surface area contributed by atoms with Crippen LogP contribution in [0.5, 0.6) is 0 Å². The van der Waals surface area contributed by atoms with Crippen LogP contribution in [0.15, 0.2) is 83.9 Å². The summed E-state index contributed by atoms with van der Waals surface area (Å²) in [5.41, 5.74) is 4.03. The van der Waals surface area contributed by atoms with E-state index in [9.17, 15) is 13.2 Å². The average Bonchev–Trinajstić information content (AvgIpc) is 2.92. The topological polar surface area (TPSA) is 113 Å². The van der Waals surface area contributed by atoms with Gasteiger partial charge >= 0.3 is 0 Å². The minimum atomic E-state index is -3.60. The number of benzene rings is 3. The van der Waals surface area contributed by atoms with Crippen LogP contribution in [0.4, 0.5) is 17.5 Å². The summed E-state index contributed by atoms with van der Waals surface area (Å²) in [6.45, 7) is 0.818. The number of fused-ring (bicyclic) bond motifs is 4. The molecular formula is C28H26ClN5O3S. The molecule has 0 radical (unpaired) electrons. The van der Waals surface area contributed by atoms with Crippen LogP contribution in [0, 0.1) is 0 Å². The molecule has 0 amide bonds. The summed E-state index contributed by atoms with van der Waals surface area (Å²) in [5, 5.41) is 7.03. The van der Waals surface area contributed by atoms with Gasteiger partial charge in [-0.15, -0.1) is 0 Å². The van der Waals surface area contributed by atoms with E-state index < -0.39 is 10.0 Å². The maximum atomic E-state index is 12.6. The van der Waals surface area contributed by atoms with Gasteiger partial charge in [0.2, 0.25) is 16.0 Å². The number of rotatable bonds is 5. The molecule has 194 valence electrons. The predicted octanol–water partition coefficient (Wildman–Crippen LogP) is 5.45. The van der Waals surface area contributed by atoms with Crippen LogP contribution < -0.4 is 15.4 Å². The molecule has 3 aromatic carbocycles. The maximum Gasteiger partial charge on any atom is 0.240 e. The molecule has 4 bridgehead atoms. The van der Waals surface area contributed by atoms with Crippen molar-refractivity contribution < 1.29 is 13.2 Å². The fourth-order valence-electron chi connectivity index (χ4n) is 4.13. The quantitative estimate of drug-likeness (QED) is 0.285. The van der Waals surface area contributed by atoms with Gasteiger partial charge in [0.1, 0.15) is 5.82 Å². The highest BCUT2D eigenvalue weighted by Crippen LogP contribution is 2.29. The van der Waals surface area contributed by atoms with Gasteiger partial charge in [-0.1, -0.05) is 41.9 Å². The second kappa shape index (κ2) is 11.3. The van der Waals surface area contributed by atoms with Crippen molar-refractivity contribution in [3.8, 4) is 11.1 Å². The van der Waals surface area contributed by atoms with Gasteiger partial charge < -0.3 is 10.6 Å². The lowest BCUT2D eigenvalue weighted by Gasteiger charge is -2.13. The van der Waals surface area contributed by atoms with E-state index in [1.54, 1.807) is 54.7 Å². The van der Waals surface area contributed by atoms with Crippen LogP contribution in [0.2, 0.25) is 5.02 Å². The van der Waals surface area contributed by atoms with E-state index in [4.69, 9.17) is 11.6 Å². The summed E-state index contributed by atoms with van der Waals surface area (Å²) in [6, 6.07) is 21.5. The second-order valence-electron chi connectivity index (χ2n) is 8.91. The standard InChI is InChI=1S/C28H26ClN5O3S/c29-22-12-10-21(11-13-22)26(35)14-7-19-5-8-20(9-6-19)25-18-31-28-33-23-3-1-4-24(17-23)38(36,37)32-16-2-15-30-27(25)34-28/h1,3-6,8-13,17-18,32H,2,7,14-16H2,(H2,30,31,33,34). The van der Waals surface area contributed by atoms with Gasteiger partial charge in [-0.05, 0) is 66.4 Å². The molecule has 0 unspecified atom stereocenters. The Kier molecular flexibility index (Phi) is 7.69. The molecule has 1 aromatic heterocycles. The van der Waals surface area contributed by atoms with E-state index >= 15 is 0 Å². The number of Topliss-reactive ketones (excluding diaryl/α,β-unsaturated/α-hetero) is 1. The molecule has 0 saturated heterocycles. The Morgan fingerprint density at radius 2 is 1.76 bits per heavy atom. The van der Waals surface area contributed by atoms with E-state index in [0.29, 0.717) is 60.4 Å². The van der Waals surface area contributed by atoms with Gasteiger partial charge in [0.15, 0.2) is 5.78 Å². The van der Waals surface area contributed by atoms with Crippen molar-refractivity contribution in [3.63, 3.8) is 0 Å². The normalized spacial score (nSPS) is 14.7. The van der Waals surface area contributed by atoms with Gasteiger partial charge in [-0.3, -0.25) is 4.79 Å². The molecule has 2 heterocycles. The number of hydrogen-bond acceptors (Lipinski definition) is 7. The molecule has 3 N–H and O–H groups in total. The molecular weight excluding hydrogens is 522 g/mol. The zero-order valence-corrected chi connectivity index (χ0v) is 22.0. The fraction of sp³-hybridized carbons (Fsp3) is 0.179. The zero-order valence-electron chi connectivity index (χ0n) is 20.4. The van der Waals surface area contributed by atoms with Gasteiger partial charge in [0.05, 0.1) is 4.90 Å². The highest BCUT2D eigenvalue weighted by atomic mass is 35.5. The highest BCUT2D eigenvalue weighted by Gasteiger charge is 2.16. The molecule has 0 atom stereocenters. The van der Waals surface area contributed by atoms with Gasteiger partial charge in [0.25, 0.3) is 0 Å². The third kappa shape index (κ3) is 6.19. The van der Waals surface area contributed by atoms with Crippen LogP contribution in [0.1, 0.15) is 28.8 Å². The molecule has 0 fully saturated rings. The van der Waals surface area contributed by atoms with E-state index in [0.717, 1.165) is 16.7 Å². The third-order valence-corrected chi connectivity index (χ3v) is 7.91. The fourth-order valence-corrected chi connectivity index (χ4v) is 5.38. The molecule has 0 spiro atoms. The van der Waals surface area contributed by atoms with E-state index in [-0.39, 0.29) is 10.7 Å². The van der Waals surface area contributed by atoms with Crippen molar-refractivity contribution in [3.05, 3.63) is 95.1 Å². The third-order valence-electron chi connectivity index (χ3n) is 6.20. The molecule has 10 heteroatoms. The summed E-state index contributed by atoms with van der Waals surface area (Å²) in [4.78, 5) is 21.8.